The number of nitrogens with zero attached hydrogens (tertiary/aromatic N) is 1. The highest BCUT2D eigenvalue weighted by molar-refractivity contribution is 5.99. The molecule has 118 valence electrons. The number of hydrogen-bond acceptors (Lipinski definition) is 4. The van der Waals surface area contributed by atoms with Gasteiger partial charge in [0, 0.05) is 18.9 Å². The van der Waals surface area contributed by atoms with Crippen molar-refractivity contribution >= 4 is 5.78 Å². The molecule has 0 spiro atoms. The number of rotatable bonds is 10. The zero-order valence-electron chi connectivity index (χ0n) is 13.4. The molecular weight excluding hydrogens is 278 g/mol. The van der Waals surface area contributed by atoms with Gasteiger partial charge in [-0.1, -0.05) is 13.0 Å². The number of nitriles is 1. The second-order valence-electron chi connectivity index (χ2n) is 4.89. The first-order chi connectivity index (χ1) is 10.7. The molecule has 0 aliphatic carbocycles. The standard InChI is InChI=1S/C18H23NO3/c1-4-9-14-12-15(16(20)5-2)18(21-3)13-17(14)22-11-8-6-7-10-19/h4,12-13H,1,5-9,11H2,2-3H3. The van der Waals surface area contributed by atoms with Gasteiger partial charge < -0.3 is 9.47 Å². The average Bonchev–Trinajstić information content (AvgIpc) is 2.54. The van der Waals surface area contributed by atoms with Gasteiger partial charge in [-0.15, -0.1) is 6.58 Å². The molecule has 1 rings (SSSR count). The molecule has 0 aliphatic rings. The van der Waals surface area contributed by atoms with Crippen LogP contribution >= 0.6 is 0 Å². The lowest BCUT2D eigenvalue weighted by Crippen LogP contribution is -2.05. The molecule has 0 aliphatic heterocycles. The van der Waals surface area contributed by atoms with Gasteiger partial charge >= 0.3 is 0 Å². The fourth-order valence-corrected chi connectivity index (χ4v) is 2.12. The minimum absolute atomic E-state index is 0.0442. The van der Waals surface area contributed by atoms with E-state index in [2.05, 4.69) is 12.6 Å². The van der Waals surface area contributed by atoms with Crippen LogP contribution in [0.1, 0.15) is 48.5 Å². The molecule has 1 aromatic rings. The Morgan fingerprint density at radius 1 is 1.36 bits per heavy atom. The predicted octanol–water partition coefficient (Wildman–Crippen LogP) is 4.09. The van der Waals surface area contributed by atoms with Crippen molar-refractivity contribution in [1.82, 2.24) is 0 Å². The Labute approximate surface area is 132 Å². The number of carbonyl (C=O) groups excluding carboxylic acids is 1. The lowest BCUT2D eigenvalue weighted by Gasteiger charge is -2.15. The molecule has 4 nitrogen and oxygen atoms in total. The van der Waals surface area contributed by atoms with Crippen molar-refractivity contribution in [3.8, 4) is 17.6 Å². The van der Waals surface area contributed by atoms with Gasteiger partial charge in [-0.05, 0) is 30.9 Å². The molecule has 1 aromatic carbocycles. The first kappa shape index (κ1) is 17.8. The Kier molecular flexibility index (Phi) is 7.77. The van der Waals surface area contributed by atoms with Crippen molar-refractivity contribution in [3.05, 3.63) is 35.9 Å². The van der Waals surface area contributed by atoms with Crippen LogP contribution in [0.4, 0.5) is 0 Å². The van der Waals surface area contributed by atoms with Crippen LogP contribution in [0.5, 0.6) is 11.5 Å². The van der Waals surface area contributed by atoms with Crippen molar-refractivity contribution in [1.29, 1.82) is 5.26 Å². The molecule has 22 heavy (non-hydrogen) atoms. The molecule has 0 amide bonds. The van der Waals surface area contributed by atoms with Gasteiger partial charge in [0.1, 0.15) is 11.5 Å². The van der Waals surface area contributed by atoms with E-state index in [-0.39, 0.29) is 5.78 Å². The first-order valence-electron chi connectivity index (χ1n) is 7.52. The summed E-state index contributed by atoms with van der Waals surface area (Å²) in [5, 5.41) is 8.52. The maximum Gasteiger partial charge on any atom is 0.166 e. The Morgan fingerprint density at radius 2 is 2.14 bits per heavy atom. The minimum Gasteiger partial charge on any atom is -0.496 e. The lowest BCUT2D eigenvalue weighted by atomic mass is 10.0. The van der Waals surface area contributed by atoms with Gasteiger partial charge in [0.25, 0.3) is 0 Å². The summed E-state index contributed by atoms with van der Waals surface area (Å²) in [6.07, 6.45) is 5.01. The summed E-state index contributed by atoms with van der Waals surface area (Å²) in [7, 11) is 1.55. The maximum atomic E-state index is 12.0. The third-order valence-electron chi connectivity index (χ3n) is 3.31. The Morgan fingerprint density at radius 3 is 2.73 bits per heavy atom. The van der Waals surface area contributed by atoms with Gasteiger partial charge in [0.2, 0.25) is 0 Å². The predicted molar refractivity (Wildman–Crippen MR) is 86.5 cm³/mol. The van der Waals surface area contributed by atoms with Crippen LogP contribution in [-0.2, 0) is 6.42 Å². The van der Waals surface area contributed by atoms with Crippen LogP contribution in [0, 0.1) is 11.3 Å². The molecule has 0 atom stereocenters. The number of carbonyl (C=O) groups is 1. The normalized spacial score (nSPS) is 9.86. The maximum absolute atomic E-state index is 12.0. The molecule has 0 N–H and O–H groups in total. The third kappa shape index (κ3) is 4.92. The van der Waals surface area contributed by atoms with Crippen LogP contribution in [0.3, 0.4) is 0 Å². The number of hydrogen-bond donors (Lipinski definition) is 0. The number of ether oxygens (including phenoxy) is 2. The van der Waals surface area contributed by atoms with E-state index >= 15 is 0 Å². The molecule has 0 saturated heterocycles. The van der Waals surface area contributed by atoms with E-state index in [1.54, 1.807) is 19.3 Å². The van der Waals surface area contributed by atoms with E-state index < -0.39 is 0 Å². The van der Waals surface area contributed by atoms with Gasteiger partial charge in [0.05, 0.1) is 25.3 Å². The Hall–Kier alpha value is -2.28. The van der Waals surface area contributed by atoms with E-state index in [0.717, 1.165) is 18.4 Å². The monoisotopic (exact) mass is 301 g/mol. The van der Waals surface area contributed by atoms with Gasteiger partial charge in [-0.25, -0.2) is 0 Å². The van der Waals surface area contributed by atoms with Gasteiger partial charge in [0.15, 0.2) is 5.78 Å². The van der Waals surface area contributed by atoms with Crippen LogP contribution in [0.15, 0.2) is 24.8 Å². The van der Waals surface area contributed by atoms with Gasteiger partial charge in [-0.2, -0.15) is 5.26 Å². The van der Waals surface area contributed by atoms with Gasteiger partial charge in [-0.3, -0.25) is 4.79 Å². The van der Waals surface area contributed by atoms with Crippen molar-refractivity contribution in [2.45, 2.75) is 39.0 Å². The summed E-state index contributed by atoms with van der Waals surface area (Å²) in [6.45, 7) is 6.11. The number of Topliss-reactive ketones (excluding diaryl/α,β-unsaturated/α-hetero) is 1. The summed E-state index contributed by atoms with van der Waals surface area (Å²) >= 11 is 0. The summed E-state index contributed by atoms with van der Waals surface area (Å²) in [5.74, 6) is 1.29. The van der Waals surface area contributed by atoms with E-state index in [0.29, 0.717) is 42.9 Å². The fraction of sp³-hybridized carbons (Fsp3) is 0.444. The van der Waals surface area contributed by atoms with Crippen LogP contribution in [0.25, 0.3) is 0 Å². The lowest BCUT2D eigenvalue weighted by molar-refractivity contribution is 0.0985. The molecule has 0 heterocycles. The Balaban J connectivity index is 2.96. The van der Waals surface area contributed by atoms with Crippen molar-refractivity contribution < 1.29 is 14.3 Å². The van der Waals surface area contributed by atoms with E-state index in [4.69, 9.17) is 14.7 Å². The Bertz CT molecular complexity index is 558. The largest absolute Gasteiger partial charge is 0.496 e. The molecular formula is C18H23NO3. The molecule has 0 bridgehead atoms. The molecule has 4 heteroatoms. The summed E-state index contributed by atoms with van der Waals surface area (Å²) < 4.78 is 11.1. The van der Waals surface area contributed by atoms with Crippen molar-refractivity contribution in [2.24, 2.45) is 0 Å². The number of benzene rings is 1. The van der Waals surface area contributed by atoms with Crippen molar-refractivity contribution in [3.63, 3.8) is 0 Å². The highest BCUT2D eigenvalue weighted by atomic mass is 16.5. The van der Waals surface area contributed by atoms with Crippen LogP contribution in [-0.4, -0.2) is 19.5 Å². The minimum atomic E-state index is 0.0442. The highest BCUT2D eigenvalue weighted by Gasteiger charge is 2.15. The van der Waals surface area contributed by atoms with E-state index in [1.165, 1.54) is 0 Å². The molecule has 0 unspecified atom stereocenters. The summed E-state index contributed by atoms with van der Waals surface area (Å²) in [6, 6.07) is 5.72. The number of unbranched alkanes of at least 4 members (excludes halogenated alkanes) is 2. The first-order valence-corrected chi connectivity index (χ1v) is 7.52. The quantitative estimate of drug-likeness (QED) is 0.371. The number of ketones is 1. The third-order valence-corrected chi connectivity index (χ3v) is 3.31. The van der Waals surface area contributed by atoms with E-state index in [1.807, 2.05) is 13.0 Å². The molecule has 0 aromatic heterocycles. The number of allylic oxidation sites excluding steroid dienone is 1. The van der Waals surface area contributed by atoms with E-state index in [9.17, 15) is 4.79 Å². The smallest absolute Gasteiger partial charge is 0.166 e. The molecule has 0 fully saturated rings. The summed E-state index contributed by atoms with van der Waals surface area (Å²) in [4.78, 5) is 12.0. The zero-order valence-corrected chi connectivity index (χ0v) is 13.4. The highest BCUT2D eigenvalue weighted by Crippen LogP contribution is 2.31. The topological polar surface area (TPSA) is 59.3 Å². The summed E-state index contributed by atoms with van der Waals surface area (Å²) in [5.41, 5.74) is 1.51. The van der Waals surface area contributed by atoms with Crippen molar-refractivity contribution in [2.75, 3.05) is 13.7 Å². The molecule has 0 radical (unpaired) electrons. The molecule has 0 saturated carbocycles. The van der Waals surface area contributed by atoms with Crippen LogP contribution < -0.4 is 9.47 Å². The SMILES string of the molecule is C=CCc1cc(C(=O)CC)c(OC)cc1OCCCCC#N. The average molecular weight is 301 g/mol. The second kappa shape index (κ2) is 9.62. The zero-order chi connectivity index (χ0) is 16.4. The second-order valence-corrected chi connectivity index (χ2v) is 4.89. The number of methoxy groups -OCH3 is 1. The fourth-order valence-electron chi connectivity index (χ4n) is 2.12. The van der Waals surface area contributed by atoms with Crippen LogP contribution in [0.2, 0.25) is 0 Å².